The topological polar surface area (TPSA) is 96.3 Å². The van der Waals surface area contributed by atoms with Gasteiger partial charge in [0.2, 0.25) is 5.91 Å². The zero-order valence-electron chi connectivity index (χ0n) is 19.6. The fourth-order valence-electron chi connectivity index (χ4n) is 3.99. The van der Waals surface area contributed by atoms with Gasteiger partial charge in [0.25, 0.3) is 0 Å². The van der Waals surface area contributed by atoms with Crippen LogP contribution in [0.5, 0.6) is 5.75 Å². The Hall–Kier alpha value is -3.03. The first kappa shape index (κ1) is 25.1. The molecule has 3 aromatic rings. The summed E-state index contributed by atoms with van der Waals surface area (Å²) in [4.78, 5) is 25.3. The highest BCUT2D eigenvalue weighted by Crippen LogP contribution is 2.42. The minimum Gasteiger partial charge on any atom is -0.507 e. The Labute approximate surface area is 214 Å². The highest BCUT2D eigenvalue weighted by atomic mass is 35.5. The van der Waals surface area contributed by atoms with Crippen molar-refractivity contribution in [1.29, 1.82) is 0 Å². The van der Waals surface area contributed by atoms with Crippen LogP contribution in [0.25, 0.3) is 11.3 Å². The summed E-state index contributed by atoms with van der Waals surface area (Å²) in [5, 5.41) is 21.8. The third kappa shape index (κ3) is 5.80. The number of phenolic OH excluding ortho intramolecular Hbond substituents is 1. The first-order valence-electron chi connectivity index (χ1n) is 11.8. The minimum absolute atomic E-state index is 0.0180. The van der Waals surface area contributed by atoms with Crippen molar-refractivity contribution in [2.45, 2.75) is 52.0 Å². The summed E-state index contributed by atoms with van der Waals surface area (Å²) in [5.74, 6) is 0.0976. The summed E-state index contributed by atoms with van der Waals surface area (Å²) in [6, 6.07) is 11.6. The van der Waals surface area contributed by atoms with E-state index in [9.17, 15) is 14.7 Å². The Morgan fingerprint density at radius 1 is 1.09 bits per heavy atom. The van der Waals surface area contributed by atoms with Gasteiger partial charge in [-0.3, -0.25) is 4.79 Å². The van der Waals surface area contributed by atoms with Crippen LogP contribution in [0.15, 0.2) is 42.5 Å². The van der Waals surface area contributed by atoms with E-state index in [1.54, 1.807) is 30.3 Å². The fraction of sp³-hybridized carbons (Fsp3) is 0.346. The minimum atomic E-state index is -0.363. The largest absolute Gasteiger partial charge is 0.507 e. The van der Waals surface area contributed by atoms with Gasteiger partial charge >= 0.3 is 6.03 Å². The molecule has 1 aromatic heterocycles. The maximum Gasteiger partial charge on any atom is 0.342 e. The molecule has 2 amide bonds. The van der Waals surface area contributed by atoms with Crippen LogP contribution >= 0.6 is 23.2 Å². The first-order chi connectivity index (χ1) is 16.8. The lowest BCUT2D eigenvalue weighted by Gasteiger charge is -2.13. The number of phenols is 1. The number of nitrogens with one attached hydrogen (secondary N) is 2. The molecule has 2 aromatic carbocycles. The molecule has 1 aliphatic rings. The van der Waals surface area contributed by atoms with Crippen molar-refractivity contribution in [3.63, 3.8) is 0 Å². The van der Waals surface area contributed by atoms with Crippen LogP contribution < -0.4 is 10.6 Å². The van der Waals surface area contributed by atoms with Crippen molar-refractivity contribution >= 4 is 40.8 Å². The molecule has 0 bridgehead atoms. The standard InChI is InChI=1S/C26H28Cl2N4O3/c1-3-16(4-2)25(34)30-18-8-9-19(24(33)12-18)22-13-23(17-6-7-17)32(31-22)26(35)29-14-15-5-10-20(27)21(28)11-15/h5,8-13,16-17,33H,3-4,6-7,14H2,1-2H3,(H,29,35)(H,30,34). The lowest BCUT2D eigenvalue weighted by molar-refractivity contribution is -0.120. The second-order valence-electron chi connectivity index (χ2n) is 8.78. The van der Waals surface area contributed by atoms with Crippen molar-refractivity contribution in [2.24, 2.45) is 5.92 Å². The highest BCUT2D eigenvalue weighted by Gasteiger charge is 2.30. The van der Waals surface area contributed by atoms with Crippen LogP contribution in [-0.4, -0.2) is 26.8 Å². The molecule has 184 valence electrons. The van der Waals surface area contributed by atoms with Gasteiger partial charge in [-0.05, 0) is 61.6 Å². The predicted molar refractivity (Wildman–Crippen MR) is 138 cm³/mol. The molecule has 1 saturated carbocycles. The second kappa shape index (κ2) is 10.7. The quantitative estimate of drug-likeness (QED) is 0.316. The van der Waals surface area contributed by atoms with Crippen molar-refractivity contribution in [3.8, 4) is 17.0 Å². The van der Waals surface area contributed by atoms with Crippen molar-refractivity contribution in [1.82, 2.24) is 15.1 Å². The summed E-state index contributed by atoms with van der Waals surface area (Å²) in [7, 11) is 0. The van der Waals surface area contributed by atoms with Gasteiger partial charge in [-0.1, -0.05) is 43.1 Å². The van der Waals surface area contributed by atoms with Gasteiger partial charge in [-0.15, -0.1) is 0 Å². The van der Waals surface area contributed by atoms with E-state index in [1.165, 1.54) is 10.7 Å². The molecule has 1 aliphatic carbocycles. The van der Waals surface area contributed by atoms with E-state index in [1.807, 2.05) is 19.9 Å². The lowest BCUT2D eigenvalue weighted by atomic mass is 10.0. The van der Waals surface area contributed by atoms with Gasteiger partial charge in [-0.2, -0.15) is 9.78 Å². The summed E-state index contributed by atoms with van der Waals surface area (Å²) in [6.45, 7) is 4.22. The van der Waals surface area contributed by atoms with Gasteiger partial charge in [0, 0.05) is 35.7 Å². The number of carbonyl (C=O) groups excluding carboxylic acids is 2. The summed E-state index contributed by atoms with van der Waals surface area (Å²) in [6.07, 6.45) is 3.47. The average Bonchev–Trinajstić information content (AvgIpc) is 3.59. The lowest BCUT2D eigenvalue weighted by Crippen LogP contribution is -2.30. The number of amides is 2. The number of anilines is 1. The number of rotatable bonds is 8. The van der Waals surface area contributed by atoms with Crippen LogP contribution in [0.1, 0.15) is 56.7 Å². The Balaban J connectivity index is 1.52. The summed E-state index contributed by atoms with van der Waals surface area (Å²) in [5.41, 5.74) is 3.12. The molecule has 1 heterocycles. The van der Waals surface area contributed by atoms with Crippen molar-refractivity contribution in [3.05, 3.63) is 63.8 Å². The zero-order chi connectivity index (χ0) is 25.1. The molecule has 3 N–H and O–H groups in total. The van der Waals surface area contributed by atoms with Crippen molar-refractivity contribution < 1.29 is 14.7 Å². The molecule has 4 rings (SSSR count). The molecule has 0 spiro atoms. The molecule has 0 radical (unpaired) electrons. The van der Waals surface area contributed by atoms with Crippen LogP contribution in [-0.2, 0) is 11.3 Å². The smallest absolute Gasteiger partial charge is 0.342 e. The van der Waals surface area contributed by atoms with Crippen LogP contribution in [0.3, 0.4) is 0 Å². The fourth-order valence-corrected chi connectivity index (χ4v) is 4.31. The number of benzene rings is 2. The normalized spacial score (nSPS) is 13.2. The van der Waals surface area contributed by atoms with E-state index in [2.05, 4.69) is 15.7 Å². The molecule has 0 aliphatic heterocycles. The maximum absolute atomic E-state index is 13.0. The second-order valence-corrected chi connectivity index (χ2v) is 9.60. The number of hydrogen-bond acceptors (Lipinski definition) is 4. The first-order valence-corrected chi connectivity index (χ1v) is 12.5. The Morgan fingerprint density at radius 2 is 1.83 bits per heavy atom. The molecule has 0 atom stereocenters. The van der Waals surface area contributed by atoms with Gasteiger partial charge in [0.05, 0.1) is 21.4 Å². The highest BCUT2D eigenvalue weighted by molar-refractivity contribution is 6.42. The number of aromatic hydroxyl groups is 1. The van der Waals surface area contributed by atoms with Crippen LogP contribution in [0.4, 0.5) is 10.5 Å². The molecule has 1 fully saturated rings. The molecular weight excluding hydrogens is 487 g/mol. The van der Waals surface area contributed by atoms with Crippen molar-refractivity contribution in [2.75, 3.05) is 5.32 Å². The van der Waals surface area contributed by atoms with E-state index < -0.39 is 0 Å². The number of hydrogen-bond donors (Lipinski definition) is 3. The summed E-state index contributed by atoms with van der Waals surface area (Å²) >= 11 is 12.0. The molecule has 35 heavy (non-hydrogen) atoms. The van der Waals surface area contributed by atoms with E-state index >= 15 is 0 Å². The molecule has 7 nitrogen and oxygen atoms in total. The molecule has 0 unspecified atom stereocenters. The number of carbonyl (C=O) groups is 2. The SMILES string of the molecule is CCC(CC)C(=O)Nc1ccc(-c2cc(C3CC3)n(C(=O)NCc3ccc(Cl)c(Cl)c3)n2)c(O)c1. The Kier molecular flexibility index (Phi) is 7.67. The van der Waals surface area contributed by atoms with Gasteiger partial charge in [-0.25, -0.2) is 4.79 Å². The molecular formula is C26H28Cl2N4O3. The van der Waals surface area contributed by atoms with Gasteiger partial charge < -0.3 is 15.7 Å². The zero-order valence-corrected chi connectivity index (χ0v) is 21.2. The number of halogens is 2. The number of aromatic nitrogens is 2. The Morgan fingerprint density at radius 3 is 2.46 bits per heavy atom. The summed E-state index contributed by atoms with van der Waals surface area (Å²) < 4.78 is 1.37. The van der Waals surface area contributed by atoms with Gasteiger partial charge in [0.1, 0.15) is 5.75 Å². The Bertz CT molecular complexity index is 1250. The molecule has 0 saturated heterocycles. The van der Waals surface area contributed by atoms with Gasteiger partial charge in [0.15, 0.2) is 0 Å². The number of nitrogens with zero attached hydrogens (tertiary/aromatic N) is 2. The van der Waals surface area contributed by atoms with E-state index in [4.69, 9.17) is 23.2 Å². The van der Waals surface area contributed by atoms with Crippen LogP contribution in [0.2, 0.25) is 10.0 Å². The van der Waals surface area contributed by atoms with E-state index in [0.717, 1.165) is 36.9 Å². The average molecular weight is 515 g/mol. The van der Waals surface area contributed by atoms with Crippen LogP contribution in [0, 0.1) is 5.92 Å². The maximum atomic E-state index is 13.0. The third-order valence-corrected chi connectivity index (χ3v) is 6.99. The molecule has 9 heteroatoms. The third-order valence-electron chi connectivity index (χ3n) is 6.25. The van der Waals surface area contributed by atoms with E-state index in [0.29, 0.717) is 27.0 Å². The predicted octanol–water partition coefficient (Wildman–Crippen LogP) is 6.57. The monoisotopic (exact) mass is 514 g/mol. The van der Waals surface area contributed by atoms with E-state index in [-0.39, 0.29) is 36.1 Å².